The van der Waals surface area contributed by atoms with E-state index in [1.54, 1.807) is 6.92 Å². The molecular formula is C14H17N3O3. The summed E-state index contributed by atoms with van der Waals surface area (Å²) in [6.45, 7) is 3.27. The maximum atomic E-state index is 11.6. The molecule has 20 heavy (non-hydrogen) atoms. The van der Waals surface area contributed by atoms with E-state index in [2.05, 4.69) is 15.8 Å². The highest BCUT2D eigenvalue weighted by Gasteiger charge is 2.24. The lowest BCUT2D eigenvalue weighted by molar-refractivity contribution is -0.148. The van der Waals surface area contributed by atoms with E-state index in [9.17, 15) is 9.59 Å². The molecule has 6 heteroatoms. The molecule has 1 aromatic heterocycles. The van der Waals surface area contributed by atoms with Gasteiger partial charge < -0.3 is 15.1 Å². The van der Waals surface area contributed by atoms with Crippen LogP contribution >= 0.6 is 0 Å². The fourth-order valence-corrected chi connectivity index (χ4v) is 1.84. The average molecular weight is 275 g/mol. The van der Waals surface area contributed by atoms with Gasteiger partial charge in [-0.25, -0.2) is 10.2 Å². The van der Waals surface area contributed by atoms with E-state index in [0.29, 0.717) is 0 Å². The van der Waals surface area contributed by atoms with Crippen molar-refractivity contribution in [2.24, 2.45) is 0 Å². The van der Waals surface area contributed by atoms with Crippen LogP contribution in [0.5, 0.6) is 0 Å². The second-order valence-electron chi connectivity index (χ2n) is 4.34. The number of anilines is 1. The number of carbonyl (C=O) groups is 2. The number of hydrogen-bond acceptors (Lipinski definition) is 5. The Morgan fingerprint density at radius 2 is 2.15 bits per heavy atom. The maximum absolute atomic E-state index is 11.6. The van der Waals surface area contributed by atoms with Gasteiger partial charge in [-0.1, -0.05) is 0 Å². The molecule has 0 fully saturated rings. The summed E-state index contributed by atoms with van der Waals surface area (Å²) in [5.74, 6) is -0.895. The number of hydrogen-bond donors (Lipinski definition) is 3. The first-order chi connectivity index (χ1) is 9.61. The zero-order valence-electron chi connectivity index (χ0n) is 11.4. The molecule has 0 saturated heterocycles. The van der Waals surface area contributed by atoms with Gasteiger partial charge in [-0.15, -0.1) is 0 Å². The molecule has 0 saturated carbocycles. The molecule has 0 spiro atoms. The van der Waals surface area contributed by atoms with Gasteiger partial charge in [-0.3, -0.25) is 4.79 Å². The quantitative estimate of drug-likeness (QED) is 0.424. The molecular weight excluding hydrogens is 258 g/mol. The van der Waals surface area contributed by atoms with E-state index < -0.39 is 12.0 Å². The number of nitrogens with one attached hydrogen (secondary N) is 3. The van der Waals surface area contributed by atoms with E-state index in [1.807, 2.05) is 30.5 Å². The number of ether oxygens (including phenoxy) is 1. The highest BCUT2D eigenvalue weighted by molar-refractivity contribution is 6.02. The first-order valence-corrected chi connectivity index (χ1v) is 6.37. The Balaban J connectivity index is 2.04. The van der Waals surface area contributed by atoms with Gasteiger partial charge in [0.15, 0.2) is 11.8 Å². The van der Waals surface area contributed by atoms with E-state index in [-0.39, 0.29) is 12.4 Å². The number of esters is 1. The van der Waals surface area contributed by atoms with Crippen LogP contribution < -0.4 is 10.9 Å². The van der Waals surface area contributed by atoms with Crippen LogP contribution in [0.4, 0.5) is 5.69 Å². The lowest BCUT2D eigenvalue weighted by atomic mass is 10.2. The third-order valence-corrected chi connectivity index (χ3v) is 2.84. The minimum Gasteiger partial charge on any atom is -0.464 e. The Morgan fingerprint density at radius 3 is 2.85 bits per heavy atom. The third-order valence-electron chi connectivity index (χ3n) is 2.84. The van der Waals surface area contributed by atoms with Crippen molar-refractivity contribution in [2.45, 2.75) is 19.9 Å². The van der Waals surface area contributed by atoms with Gasteiger partial charge in [0.1, 0.15) is 0 Å². The Morgan fingerprint density at radius 1 is 1.35 bits per heavy atom. The van der Waals surface area contributed by atoms with Crippen molar-refractivity contribution in [2.75, 3.05) is 12.0 Å². The third kappa shape index (κ3) is 3.16. The van der Waals surface area contributed by atoms with Gasteiger partial charge in [0.2, 0.25) is 0 Å². The molecule has 0 aliphatic rings. The van der Waals surface area contributed by atoms with Crippen LogP contribution in [0, 0.1) is 0 Å². The molecule has 0 aliphatic carbocycles. The summed E-state index contributed by atoms with van der Waals surface area (Å²) in [5, 5.41) is 1.03. The van der Waals surface area contributed by atoms with Crippen LogP contribution in [-0.2, 0) is 14.3 Å². The summed E-state index contributed by atoms with van der Waals surface area (Å²) >= 11 is 0. The van der Waals surface area contributed by atoms with Crippen molar-refractivity contribution in [3.8, 4) is 0 Å². The zero-order chi connectivity index (χ0) is 14.5. The maximum Gasteiger partial charge on any atom is 0.332 e. The lowest BCUT2D eigenvalue weighted by Crippen LogP contribution is -2.46. The summed E-state index contributed by atoms with van der Waals surface area (Å²) in [6.07, 6.45) is 1.85. The molecule has 0 aliphatic heterocycles. The topological polar surface area (TPSA) is 83.2 Å². The molecule has 0 radical (unpaired) electrons. The number of H-pyrrole nitrogens is 1. The van der Waals surface area contributed by atoms with E-state index in [4.69, 9.17) is 4.74 Å². The van der Waals surface area contributed by atoms with Crippen molar-refractivity contribution in [3.63, 3.8) is 0 Å². The van der Waals surface area contributed by atoms with Crippen molar-refractivity contribution in [1.29, 1.82) is 0 Å². The molecule has 2 rings (SSSR count). The molecule has 1 atom stereocenters. The van der Waals surface area contributed by atoms with Gasteiger partial charge in [-0.05, 0) is 38.1 Å². The molecule has 0 bridgehead atoms. The number of benzene rings is 1. The van der Waals surface area contributed by atoms with Gasteiger partial charge >= 0.3 is 5.97 Å². The number of aromatic amines is 1. The first-order valence-electron chi connectivity index (χ1n) is 6.37. The Kier molecular flexibility index (Phi) is 4.37. The molecule has 0 amide bonds. The fraction of sp³-hybridized carbons (Fsp3) is 0.286. The molecule has 2 aromatic rings. The minimum absolute atomic E-state index is 0.236. The largest absolute Gasteiger partial charge is 0.464 e. The predicted octanol–water partition coefficient (Wildman–Crippen LogP) is 1.61. The number of hydrazine groups is 1. The summed E-state index contributed by atoms with van der Waals surface area (Å²) < 4.78 is 4.84. The smallest absolute Gasteiger partial charge is 0.332 e. The van der Waals surface area contributed by atoms with E-state index in [0.717, 1.165) is 16.6 Å². The highest BCUT2D eigenvalue weighted by atomic mass is 16.5. The minimum atomic E-state index is -1.02. The average Bonchev–Trinajstić information content (AvgIpc) is 2.86. The van der Waals surface area contributed by atoms with Gasteiger partial charge in [0.05, 0.1) is 6.61 Å². The second-order valence-corrected chi connectivity index (χ2v) is 4.34. The Labute approximate surface area is 116 Å². The Bertz CT molecular complexity index is 621. The molecule has 1 unspecified atom stereocenters. The summed E-state index contributed by atoms with van der Waals surface area (Å²) in [5.41, 5.74) is 7.33. The molecule has 106 valence electrons. The SMILES string of the molecule is CCOC(=O)C(NNc1ccc2[nH]ccc2c1)C(C)=O. The van der Waals surface area contributed by atoms with E-state index >= 15 is 0 Å². The normalized spacial score (nSPS) is 12.1. The number of ketones is 1. The second kappa shape index (κ2) is 6.21. The van der Waals surface area contributed by atoms with Gasteiger partial charge in [0.25, 0.3) is 0 Å². The van der Waals surface area contributed by atoms with Gasteiger partial charge in [0, 0.05) is 22.8 Å². The van der Waals surface area contributed by atoms with Crippen LogP contribution in [0.1, 0.15) is 13.8 Å². The number of aromatic nitrogens is 1. The lowest BCUT2D eigenvalue weighted by Gasteiger charge is -2.16. The van der Waals surface area contributed by atoms with Crippen LogP contribution in [0.15, 0.2) is 30.5 Å². The van der Waals surface area contributed by atoms with Crippen LogP contribution in [0.3, 0.4) is 0 Å². The van der Waals surface area contributed by atoms with E-state index in [1.165, 1.54) is 6.92 Å². The number of carbonyl (C=O) groups excluding carboxylic acids is 2. The van der Waals surface area contributed by atoms with Crippen molar-refractivity contribution >= 4 is 28.3 Å². The van der Waals surface area contributed by atoms with Crippen LogP contribution in [0.2, 0.25) is 0 Å². The Hall–Kier alpha value is -2.34. The molecule has 3 N–H and O–H groups in total. The molecule has 6 nitrogen and oxygen atoms in total. The highest BCUT2D eigenvalue weighted by Crippen LogP contribution is 2.17. The number of fused-ring (bicyclic) bond motifs is 1. The zero-order valence-corrected chi connectivity index (χ0v) is 11.4. The van der Waals surface area contributed by atoms with Crippen LogP contribution in [0.25, 0.3) is 10.9 Å². The predicted molar refractivity (Wildman–Crippen MR) is 76.2 cm³/mol. The monoisotopic (exact) mass is 275 g/mol. The molecule has 1 heterocycles. The van der Waals surface area contributed by atoms with Crippen molar-refractivity contribution < 1.29 is 14.3 Å². The van der Waals surface area contributed by atoms with Crippen LogP contribution in [-0.4, -0.2) is 29.4 Å². The van der Waals surface area contributed by atoms with Crippen molar-refractivity contribution in [1.82, 2.24) is 10.4 Å². The van der Waals surface area contributed by atoms with Gasteiger partial charge in [-0.2, -0.15) is 0 Å². The molecule has 1 aromatic carbocycles. The fourth-order valence-electron chi connectivity index (χ4n) is 1.84. The summed E-state index contributed by atoms with van der Waals surface area (Å²) in [4.78, 5) is 26.2. The standard InChI is InChI=1S/C14H17N3O3/c1-3-20-14(19)13(9(2)18)17-16-11-4-5-12-10(8-11)6-7-15-12/h4-8,13,15-17H,3H2,1-2H3. The number of Topliss-reactive ketones (excluding diaryl/α,β-unsaturated/α-hetero) is 1. The number of rotatable bonds is 6. The summed E-state index contributed by atoms with van der Waals surface area (Å²) in [7, 11) is 0. The first kappa shape index (κ1) is 14.1. The van der Waals surface area contributed by atoms with Crippen molar-refractivity contribution in [3.05, 3.63) is 30.5 Å². The summed E-state index contributed by atoms with van der Waals surface area (Å²) in [6, 6.07) is 6.58.